The van der Waals surface area contributed by atoms with Gasteiger partial charge in [0.25, 0.3) is 5.56 Å². The van der Waals surface area contributed by atoms with Gasteiger partial charge in [0.1, 0.15) is 0 Å². The van der Waals surface area contributed by atoms with Gasteiger partial charge in [-0.3, -0.25) is 9.59 Å². The Morgan fingerprint density at radius 2 is 2.23 bits per heavy atom. The number of pyridine rings is 1. The summed E-state index contributed by atoms with van der Waals surface area (Å²) in [7, 11) is 1.63. The molecule has 0 fully saturated rings. The molecule has 1 aromatic heterocycles. The molecule has 70 valence electrons. The molecule has 1 rings (SSSR count). The summed E-state index contributed by atoms with van der Waals surface area (Å²) in [6, 6.07) is 1.27. The highest BCUT2D eigenvalue weighted by atomic mass is 16.1. The molecule has 0 bridgehead atoms. The summed E-state index contributed by atoms with van der Waals surface area (Å²) < 4.78 is 1.44. The van der Waals surface area contributed by atoms with Crippen LogP contribution in [0.5, 0.6) is 0 Å². The predicted octanol–water partition coefficient (Wildman–Crippen LogP) is 0.342. The Hall–Kier alpha value is -1.58. The minimum Gasteiger partial charge on any atom is -0.398 e. The Balaban J connectivity index is 3.60. The maximum atomic E-state index is 11.3. The summed E-state index contributed by atoms with van der Waals surface area (Å²) in [5, 5.41) is 0. The van der Waals surface area contributed by atoms with Gasteiger partial charge in [0.15, 0.2) is 6.29 Å². The van der Waals surface area contributed by atoms with Gasteiger partial charge in [0.05, 0.1) is 5.56 Å². The van der Waals surface area contributed by atoms with Crippen LogP contribution >= 0.6 is 0 Å². The van der Waals surface area contributed by atoms with Gasteiger partial charge in [0, 0.05) is 24.5 Å². The summed E-state index contributed by atoms with van der Waals surface area (Å²) in [6.07, 6.45) is 1.30. The third kappa shape index (κ3) is 1.47. The van der Waals surface area contributed by atoms with Gasteiger partial charge in [-0.15, -0.1) is 0 Å². The van der Waals surface area contributed by atoms with Gasteiger partial charge in [-0.25, -0.2) is 0 Å². The third-order valence-electron chi connectivity index (χ3n) is 2.09. The van der Waals surface area contributed by atoms with E-state index in [0.29, 0.717) is 24.0 Å². The van der Waals surface area contributed by atoms with Crippen LogP contribution in [0.4, 0.5) is 5.69 Å². The van der Waals surface area contributed by atoms with E-state index in [1.165, 1.54) is 10.6 Å². The summed E-state index contributed by atoms with van der Waals surface area (Å²) in [4.78, 5) is 21.9. The van der Waals surface area contributed by atoms with Crippen LogP contribution in [0, 0.1) is 0 Å². The van der Waals surface area contributed by atoms with Crippen molar-refractivity contribution in [3.63, 3.8) is 0 Å². The minimum atomic E-state index is -0.181. The van der Waals surface area contributed by atoms with Crippen molar-refractivity contribution < 1.29 is 4.79 Å². The number of nitrogens with zero attached hydrogens (tertiary/aromatic N) is 1. The zero-order chi connectivity index (χ0) is 10.0. The van der Waals surface area contributed by atoms with E-state index in [2.05, 4.69) is 0 Å². The average molecular weight is 180 g/mol. The first-order valence-electron chi connectivity index (χ1n) is 4.05. The maximum Gasteiger partial charge on any atom is 0.252 e. The van der Waals surface area contributed by atoms with Gasteiger partial charge < -0.3 is 10.3 Å². The first-order chi connectivity index (χ1) is 6.11. The summed E-state index contributed by atoms with van der Waals surface area (Å²) in [5.41, 5.74) is 6.71. The van der Waals surface area contributed by atoms with Crippen LogP contribution in [0.3, 0.4) is 0 Å². The smallest absolute Gasteiger partial charge is 0.252 e. The Kier molecular flexibility index (Phi) is 2.51. The van der Waals surface area contributed by atoms with Gasteiger partial charge >= 0.3 is 0 Å². The standard InChI is InChI=1S/C9H12N2O2/c1-3-8-6(5-12)7(10)4-9(13)11(8)2/h4-5H,3,10H2,1-2H3. The number of aromatic nitrogens is 1. The molecule has 0 aliphatic carbocycles. The Bertz CT molecular complexity index is 393. The molecule has 0 aliphatic rings. The number of nitrogens with two attached hydrogens (primary N) is 1. The molecule has 0 saturated carbocycles. The molecule has 0 unspecified atom stereocenters. The summed E-state index contributed by atoms with van der Waals surface area (Å²) in [6.45, 7) is 1.88. The first kappa shape index (κ1) is 9.51. The molecule has 13 heavy (non-hydrogen) atoms. The van der Waals surface area contributed by atoms with Crippen molar-refractivity contribution >= 4 is 12.0 Å². The number of anilines is 1. The van der Waals surface area contributed by atoms with Crippen molar-refractivity contribution in [3.05, 3.63) is 27.7 Å². The Morgan fingerprint density at radius 1 is 1.62 bits per heavy atom. The van der Waals surface area contributed by atoms with E-state index >= 15 is 0 Å². The molecule has 2 N–H and O–H groups in total. The third-order valence-corrected chi connectivity index (χ3v) is 2.09. The van der Waals surface area contributed by atoms with Crippen molar-refractivity contribution in [2.24, 2.45) is 7.05 Å². The Morgan fingerprint density at radius 3 is 2.69 bits per heavy atom. The minimum absolute atomic E-state index is 0.181. The average Bonchev–Trinajstić information content (AvgIpc) is 2.10. The van der Waals surface area contributed by atoms with Crippen LogP contribution in [0.25, 0.3) is 0 Å². The lowest BCUT2D eigenvalue weighted by atomic mass is 10.1. The van der Waals surface area contributed by atoms with Crippen LogP contribution in [0.2, 0.25) is 0 Å². The zero-order valence-electron chi connectivity index (χ0n) is 7.70. The molecule has 0 saturated heterocycles. The molecular formula is C9H12N2O2. The normalized spacial score (nSPS) is 10.0. The number of carbonyl (C=O) groups is 1. The lowest BCUT2D eigenvalue weighted by Gasteiger charge is -2.09. The Labute approximate surface area is 76.0 Å². The van der Waals surface area contributed by atoms with Gasteiger partial charge in [-0.05, 0) is 6.42 Å². The molecule has 0 aromatic carbocycles. The lowest BCUT2D eigenvalue weighted by molar-refractivity contribution is 0.112. The molecule has 0 amide bonds. The molecule has 4 heteroatoms. The highest BCUT2D eigenvalue weighted by Gasteiger charge is 2.08. The van der Waals surface area contributed by atoms with Crippen LogP contribution < -0.4 is 11.3 Å². The van der Waals surface area contributed by atoms with E-state index in [9.17, 15) is 9.59 Å². The van der Waals surface area contributed by atoms with Gasteiger partial charge in [-0.1, -0.05) is 6.92 Å². The monoisotopic (exact) mass is 180 g/mol. The SMILES string of the molecule is CCc1c(C=O)c(N)cc(=O)n1C. The fourth-order valence-electron chi connectivity index (χ4n) is 1.35. The van der Waals surface area contributed by atoms with Crippen molar-refractivity contribution in [1.82, 2.24) is 4.57 Å². The highest BCUT2D eigenvalue weighted by Crippen LogP contribution is 2.11. The van der Waals surface area contributed by atoms with Crippen LogP contribution in [-0.4, -0.2) is 10.9 Å². The van der Waals surface area contributed by atoms with Crippen molar-refractivity contribution in [1.29, 1.82) is 0 Å². The fourth-order valence-corrected chi connectivity index (χ4v) is 1.35. The van der Waals surface area contributed by atoms with Crippen LogP contribution in [0.1, 0.15) is 23.0 Å². The zero-order valence-corrected chi connectivity index (χ0v) is 7.70. The van der Waals surface area contributed by atoms with E-state index in [-0.39, 0.29) is 11.2 Å². The van der Waals surface area contributed by atoms with Gasteiger partial charge in [-0.2, -0.15) is 0 Å². The van der Waals surface area contributed by atoms with Gasteiger partial charge in [0.2, 0.25) is 0 Å². The molecule has 1 heterocycles. The van der Waals surface area contributed by atoms with Crippen molar-refractivity contribution in [3.8, 4) is 0 Å². The molecule has 0 aliphatic heterocycles. The molecule has 0 radical (unpaired) electrons. The number of carbonyl (C=O) groups excluding carboxylic acids is 1. The first-order valence-corrected chi connectivity index (χ1v) is 4.05. The largest absolute Gasteiger partial charge is 0.398 e. The molecule has 4 nitrogen and oxygen atoms in total. The molecule has 0 spiro atoms. The molecule has 0 atom stereocenters. The van der Waals surface area contributed by atoms with Crippen LogP contribution in [-0.2, 0) is 13.5 Å². The summed E-state index contributed by atoms with van der Waals surface area (Å²) >= 11 is 0. The molecular weight excluding hydrogens is 168 g/mol. The van der Waals surface area contributed by atoms with E-state index in [4.69, 9.17) is 5.73 Å². The van der Waals surface area contributed by atoms with Crippen LogP contribution in [0.15, 0.2) is 10.9 Å². The predicted molar refractivity (Wildman–Crippen MR) is 50.9 cm³/mol. The van der Waals surface area contributed by atoms with E-state index in [1.807, 2.05) is 6.92 Å². The number of hydrogen-bond donors (Lipinski definition) is 1. The van der Waals surface area contributed by atoms with E-state index in [0.717, 1.165) is 0 Å². The molecule has 1 aromatic rings. The topological polar surface area (TPSA) is 65.1 Å². The number of rotatable bonds is 2. The van der Waals surface area contributed by atoms with E-state index in [1.54, 1.807) is 7.05 Å². The number of nitrogen functional groups attached to an aromatic ring is 1. The second kappa shape index (κ2) is 3.43. The van der Waals surface area contributed by atoms with Crippen molar-refractivity contribution in [2.45, 2.75) is 13.3 Å². The summed E-state index contributed by atoms with van der Waals surface area (Å²) in [5.74, 6) is 0. The van der Waals surface area contributed by atoms with Crippen molar-refractivity contribution in [2.75, 3.05) is 5.73 Å². The number of aldehydes is 1. The highest BCUT2D eigenvalue weighted by molar-refractivity contribution is 5.84. The maximum absolute atomic E-state index is 11.3. The fraction of sp³-hybridized carbons (Fsp3) is 0.333. The quantitative estimate of drug-likeness (QED) is 0.667. The number of hydrogen-bond acceptors (Lipinski definition) is 3. The van der Waals surface area contributed by atoms with E-state index < -0.39 is 0 Å². The second-order valence-corrected chi connectivity index (χ2v) is 2.83. The second-order valence-electron chi connectivity index (χ2n) is 2.83. The lowest BCUT2D eigenvalue weighted by Crippen LogP contribution is -2.22.